The summed E-state index contributed by atoms with van der Waals surface area (Å²) in [6, 6.07) is 13.4. The topological polar surface area (TPSA) is 83.7 Å². The monoisotopic (exact) mass is 557 g/mol. The van der Waals surface area contributed by atoms with Gasteiger partial charge in [0.15, 0.2) is 0 Å². The Balaban J connectivity index is 1.55. The zero-order chi connectivity index (χ0) is 28.5. The number of aromatic nitrogens is 3. The molecular formula is C32H36FN5O3. The molecule has 9 heteroatoms. The lowest BCUT2D eigenvalue weighted by Gasteiger charge is -2.31. The molecule has 0 unspecified atom stereocenters. The highest BCUT2D eigenvalue weighted by Crippen LogP contribution is 2.47. The highest BCUT2D eigenvalue weighted by Gasteiger charge is 2.34. The Morgan fingerprint density at radius 3 is 2.66 bits per heavy atom. The lowest BCUT2D eigenvalue weighted by Crippen LogP contribution is -2.35. The molecule has 2 aromatic heterocycles. The first-order valence-electron chi connectivity index (χ1n) is 14.4. The van der Waals surface area contributed by atoms with E-state index in [2.05, 4.69) is 44.5 Å². The van der Waals surface area contributed by atoms with Crippen molar-refractivity contribution in [3.8, 4) is 23.0 Å². The minimum Gasteiger partial charge on any atom is -0.478 e. The maximum absolute atomic E-state index is 15.7. The highest BCUT2D eigenvalue weighted by atomic mass is 19.1. The van der Waals surface area contributed by atoms with Crippen molar-refractivity contribution in [2.75, 3.05) is 33.7 Å². The zero-order valence-corrected chi connectivity index (χ0v) is 23.6. The Kier molecular flexibility index (Phi) is 7.73. The summed E-state index contributed by atoms with van der Waals surface area (Å²) in [4.78, 5) is 25.0. The maximum Gasteiger partial charge on any atom is 0.335 e. The van der Waals surface area contributed by atoms with Crippen LogP contribution in [0.1, 0.15) is 53.1 Å². The molecular weight excluding hydrogens is 521 g/mol. The highest BCUT2D eigenvalue weighted by molar-refractivity contribution is 5.98. The molecule has 1 aliphatic heterocycles. The van der Waals surface area contributed by atoms with E-state index in [4.69, 9.17) is 4.74 Å². The van der Waals surface area contributed by atoms with E-state index in [9.17, 15) is 9.90 Å². The Morgan fingerprint density at radius 1 is 1.10 bits per heavy atom. The number of rotatable bonds is 7. The van der Waals surface area contributed by atoms with Crippen LogP contribution < -0.4 is 4.74 Å². The third-order valence-electron chi connectivity index (χ3n) is 8.38. The SMILES string of the molecule is CN(C)CCN1CCn2c(c([C@H]3CCCC[C@@H]3F)c3ccc(C(=O)O)cc32)-c2ccc(Oc3ncccn3)cc2C1. The van der Waals surface area contributed by atoms with Crippen molar-refractivity contribution in [3.05, 3.63) is 71.5 Å². The average molecular weight is 558 g/mol. The molecule has 1 N–H and O–H groups in total. The molecule has 1 aliphatic carbocycles. The Labute approximate surface area is 239 Å². The van der Waals surface area contributed by atoms with Gasteiger partial charge in [-0.3, -0.25) is 4.90 Å². The largest absolute Gasteiger partial charge is 0.478 e. The zero-order valence-electron chi connectivity index (χ0n) is 23.6. The molecule has 214 valence electrons. The first-order chi connectivity index (χ1) is 19.9. The fraction of sp³-hybridized carbons (Fsp3) is 0.406. The van der Waals surface area contributed by atoms with Crippen molar-refractivity contribution in [3.63, 3.8) is 0 Å². The van der Waals surface area contributed by atoms with Gasteiger partial charge in [0.05, 0.1) is 11.3 Å². The van der Waals surface area contributed by atoms with Crippen LogP contribution in [-0.4, -0.2) is 75.3 Å². The summed E-state index contributed by atoms with van der Waals surface area (Å²) in [7, 11) is 4.14. The fourth-order valence-corrected chi connectivity index (χ4v) is 6.35. The second-order valence-electron chi connectivity index (χ2n) is 11.4. The van der Waals surface area contributed by atoms with Gasteiger partial charge in [-0.1, -0.05) is 18.9 Å². The third kappa shape index (κ3) is 5.56. The fourth-order valence-electron chi connectivity index (χ4n) is 6.35. The van der Waals surface area contributed by atoms with Gasteiger partial charge in [0.25, 0.3) is 0 Å². The number of benzene rings is 2. The minimum atomic E-state index is -0.964. The van der Waals surface area contributed by atoms with Crippen LogP contribution in [0.15, 0.2) is 54.9 Å². The number of fused-ring (bicyclic) bond motifs is 5. The molecule has 41 heavy (non-hydrogen) atoms. The van der Waals surface area contributed by atoms with Crippen LogP contribution in [0.3, 0.4) is 0 Å². The number of carbonyl (C=O) groups is 1. The molecule has 0 spiro atoms. The van der Waals surface area contributed by atoms with Crippen LogP contribution in [0, 0.1) is 0 Å². The Hall–Kier alpha value is -3.82. The van der Waals surface area contributed by atoms with Crippen molar-refractivity contribution in [2.45, 2.75) is 50.9 Å². The molecule has 1 fully saturated rings. The first-order valence-corrected chi connectivity index (χ1v) is 14.4. The summed E-state index contributed by atoms with van der Waals surface area (Å²) in [6.07, 6.45) is 5.58. The number of halogens is 1. The summed E-state index contributed by atoms with van der Waals surface area (Å²) in [5, 5.41) is 10.8. The maximum atomic E-state index is 15.7. The molecule has 8 nitrogen and oxygen atoms in total. The van der Waals surface area contributed by atoms with E-state index in [0.29, 0.717) is 25.3 Å². The number of hydrogen-bond donors (Lipinski definition) is 1. The molecule has 1 saturated carbocycles. The quantitative estimate of drug-likeness (QED) is 0.300. The lowest BCUT2D eigenvalue weighted by molar-refractivity contribution is 0.0697. The summed E-state index contributed by atoms with van der Waals surface area (Å²) in [5.74, 6) is -0.556. The molecule has 4 aromatic rings. The van der Waals surface area contributed by atoms with Crippen molar-refractivity contribution in [1.29, 1.82) is 0 Å². The smallest absolute Gasteiger partial charge is 0.335 e. The van der Waals surface area contributed by atoms with Crippen molar-refractivity contribution >= 4 is 16.9 Å². The number of ether oxygens (including phenoxy) is 1. The number of hydrogen-bond acceptors (Lipinski definition) is 6. The van der Waals surface area contributed by atoms with E-state index in [1.54, 1.807) is 30.6 Å². The summed E-state index contributed by atoms with van der Waals surface area (Å²) >= 11 is 0. The molecule has 2 aromatic carbocycles. The molecule has 2 atom stereocenters. The number of carboxylic acid groups (broad SMARTS) is 1. The first kappa shape index (κ1) is 27.4. The number of nitrogens with zero attached hydrogens (tertiary/aromatic N) is 5. The standard InChI is InChI=1S/C32H36FN5O3/c1-36(2)14-15-37-16-17-38-28-19-21(31(39)40)8-10-26(28)29(25-6-3-4-7-27(25)33)30(38)24-11-9-23(18-22(24)20-37)41-32-34-12-5-13-35-32/h5,8-13,18-19,25,27H,3-4,6-7,14-17,20H2,1-2H3,(H,39,40)/t25-,27-/m0/s1. The summed E-state index contributed by atoms with van der Waals surface area (Å²) < 4.78 is 23.9. The van der Waals surface area contributed by atoms with Crippen molar-refractivity contribution < 1.29 is 19.0 Å². The summed E-state index contributed by atoms with van der Waals surface area (Å²) in [6.45, 7) is 3.94. The number of likely N-dealkylation sites (N-methyl/N-ethyl adjacent to an activating group) is 1. The average Bonchev–Trinajstić information content (AvgIpc) is 3.26. The molecule has 2 aliphatic rings. The number of carboxylic acids is 1. The van der Waals surface area contributed by atoms with Gasteiger partial charge < -0.3 is 19.3 Å². The predicted octanol–water partition coefficient (Wildman–Crippen LogP) is 5.96. The second-order valence-corrected chi connectivity index (χ2v) is 11.4. The molecule has 0 amide bonds. The van der Waals surface area contributed by atoms with E-state index in [1.807, 2.05) is 18.2 Å². The van der Waals surface area contributed by atoms with Gasteiger partial charge in [0.1, 0.15) is 11.9 Å². The van der Waals surface area contributed by atoms with Gasteiger partial charge in [0.2, 0.25) is 0 Å². The lowest BCUT2D eigenvalue weighted by atomic mass is 9.80. The van der Waals surface area contributed by atoms with Crippen molar-refractivity contribution in [2.24, 2.45) is 0 Å². The van der Waals surface area contributed by atoms with Gasteiger partial charge in [-0.15, -0.1) is 0 Å². The van der Waals surface area contributed by atoms with Crippen LogP contribution in [0.5, 0.6) is 11.8 Å². The summed E-state index contributed by atoms with van der Waals surface area (Å²) in [5.41, 5.74) is 5.21. The Bertz CT molecular complexity index is 1550. The second kappa shape index (κ2) is 11.6. The van der Waals surface area contributed by atoms with Crippen LogP contribution in [-0.2, 0) is 13.1 Å². The van der Waals surface area contributed by atoms with Crippen LogP contribution in [0.25, 0.3) is 22.2 Å². The van der Waals surface area contributed by atoms with Gasteiger partial charge in [-0.05, 0) is 74.5 Å². The van der Waals surface area contributed by atoms with Gasteiger partial charge in [-0.25, -0.2) is 19.2 Å². The third-order valence-corrected chi connectivity index (χ3v) is 8.38. The van der Waals surface area contributed by atoms with E-state index in [-0.39, 0.29) is 17.5 Å². The molecule has 0 saturated heterocycles. The predicted molar refractivity (Wildman–Crippen MR) is 156 cm³/mol. The Morgan fingerprint density at radius 2 is 1.90 bits per heavy atom. The van der Waals surface area contributed by atoms with Gasteiger partial charge in [-0.2, -0.15) is 0 Å². The number of aromatic carboxylic acids is 1. The molecule has 0 bridgehead atoms. The van der Waals surface area contributed by atoms with E-state index >= 15 is 4.39 Å². The molecule has 3 heterocycles. The van der Waals surface area contributed by atoms with Crippen LogP contribution in [0.2, 0.25) is 0 Å². The van der Waals surface area contributed by atoms with E-state index in [0.717, 1.165) is 72.2 Å². The normalized spacial score (nSPS) is 19.4. The van der Waals surface area contributed by atoms with Gasteiger partial charge in [0, 0.05) is 67.5 Å². The van der Waals surface area contributed by atoms with E-state index < -0.39 is 12.1 Å². The van der Waals surface area contributed by atoms with Gasteiger partial charge >= 0.3 is 12.0 Å². The van der Waals surface area contributed by atoms with Crippen molar-refractivity contribution in [1.82, 2.24) is 24.3 Å². The van der Waals surface area contributed by atoms with Crippen LogP contribution in [0.4, 0.5) is 4.39 Å². The van der Waals surface area contributed by atoms with Crippen LogP contribution >= 0.6 is 0 Å². The van der Waals surface area contributed by atoms with E-state index in [1.165, 1.54) is 0 Å². The molecule has 0 radical (unpaired) electrons. The number of alkyl halides is 1. The molecule has 6 rings (SSSR count). The minimum absolute atomic E-state index is 0.232.